The Kier molecular flexibility index (Phi) is 5.86. The topological polar surface area (TPSA) is 35.8 Å². The van der Waals surface area contributed by atoms with Gasteiger partial charge in [0.2, 0.25) is 0 Å². The van der Waals surface area contributed by atoms with Gasteiger partial charge in [-0.05, 0) is 26.7 Å². The Morgan fingerprint density at radius 2 is 1.60 bits per heavy atom. The van der Waals surface area contributed by atoms with Crippen molar-refractivity contribution >= 4 is 0 Å². The van der Waals surface area contributed by atoms with Gasteiger partial charge in [0.05, 0.1) is 5.69 Å². The monoisotopic (exact) mass is 348 g/mol. The number of likely N-dealkylation sites (tertiary alicyclic amines) is 1. The molecule has 0 spiro atoms. The molecule has 0 saturated carbocycles. The highest BCUT2D eigenvalue weighted by molar-refractivity contribution is 5.22. The van der Waals surface area contributed by atoms with E-state index in [2.05, 4.69) is 54.5 Å². The van der Waals surface area contributed by atoms with Gasteiger partial charge in [-0.25, -0.2) is 0 Å². The maximum Gasteiger partial charge on any atom is 0.128 e. The predicted molar refractivity (Wildman–Crippen MR) is 102 cm³/mol. The predicted octanol–water partition coefficient (Wildman–Crippen LogP) is 2.96. The van der Waals surface area contributed by atoms with E-state index >= 15 is 0 Å². The summed E-state index contributed by atoms with van der Waals surface area (Å²) in [5.41, 5.74) is 2.40. The third kappa shape index (κ3) is 4.63. The average molecular weight is 349 g/mol. The van der Waals surface area contributed by atoms with Crippen LogP contribution in [-0.4, -0.2) is 71.2 Å². The minimum Gasteiger partial charge on any atom is -0.364 e. The fourth-order valence-corrected chi connectivity index (χ4v) is 4.35. The van der Waals surface area contributed by atoms with Crippen molar-refractivity contribution in [3.8, 4) is 0 Å². The van der Waals surface area contributed by atoms with Crippen molar-refractivity contribution in [3.63, 3.8) is 0 Å². The summed E-state index contributed by atoms with van der Waals surface area (Å²) < 4.78 is 5.26. The first-order chi connectivity index (χ1) is 11.8. The van der Waals surface area contributed by atoms with E-state index in [1.807, 2.05) is 6.26 Å². The Bertz CT molecular complexity index is 532. The Balaban J connectivity index is 1.44. The molecule has 0 amide bonds. The zero-order chi connectivity index (χ0) is 18.0. The lowest BCUT2D eigenvalue weighted by atomic mass is 9.89. The summed E-state index contributed by atoms with van der Waals surface area (Å²) in [7, 11) is 0. The van der Waals surface area contributed by atoms with Crippen LogP contribution < -0.4 is 0 Å². The van der Waals surface area contributed by atoms with Crippen molar-refractivity contribution in [2.75, 3.05) is 39.3 Å². The molecule has 2 saturated heterocycles. The molecule has 0 bridgehead atoms. The standard InChI is InChI=1S/C20H36N4O/c1-16-6-7-17(2)24(16)13-12-22-8-10-23(11-9-22)14-18-15-25-21-19(18)20(3,4)5/h15-17H,6-14H2,1-5H3. The van der Waals surface area contributed by atoms with Crippen molar-refractivity contribution in [1.29, 1.82) is 0 Å². The lowest BCUT2D eigenvalue weighted by Crippen LogP contribution is -2.49. The van der Waals surface area contributed by atoms with Crippen LogP contribution in [-0.2, 0) is 12.0 Å². The van der Waals surface area contributed by atoms with Crippen LogP contribution in [0.25, 0.3) is 0 Å². The van der Waals surface area contributed by atoms with E-state index in [-0.39, 0.29) is 5.41 Å². The van der Waals surface area contributed by atoms with Gasteiger partial charge >= 0.3 is 0 Å². The van der Waals surface area contributed by atoms with E-state index < -0.39 is 0 Å². The molecule has 3 heterocycles. The van der Waals surface area contributed by atoms with Crippen LogP contribution in [0.1, 0.15) is 58.7 Å². The lowest BCUT2D eigenvalue weighted by molar-refractivity contribution is 0.105. The van der Waals surface area contributed by atoms with Crippen molar-refractivity contribution in [1.82, 2.24) is 19.9 Å². The van der Waals surface area contributed by atoms with Gasteiger partial charge in [-0.15, -0.1) is 0 Å². The van der Waals surface area contributed by atoms with Gasteiger partial charge in [0.1, 0.15) is 6.26 Å². The minimum absolute atomic E-state index is 0.0489. The zero-order valence-corrected chi connectivity index (χ0v) is 16.8. The number of hydrogen-bond acceptors (Lipinski definition) is 5. The molecule has 0 aliphatic carbocycles. The van der Waals surface area contributed by atoms with Gasteiger partial charge in [-0.2, -0.15) is 0 Å². The van der Waals surface area contributed by atoms with Crippen LogP contribution in [0.15, 0.2) is 10.8 Å². The molecule has 0 N–H and O–H groups in total. The van der Waals surface area contributed by atoms with E-state index in [0.29, 0.717) is 0 Å². The molecule has 0 aromatic carbocycles. The fraction of sp³-hybridized carbons (Fsp3) is 0.850. The van der Waals surface area contributed by atoms with E-state index in [1.165, 1.54) is 44.6 Å². The van der Waals surface area contributed by atoms with Gasteiger partial charge in [0, 0.05) is 68.9 Å². The molecular weight excluding hydrogens is 312 g/mol. The van der Waals surface area contributed by atoms with E-state index in [9.17, 15) is 0 Å². The van der Waals surface area contributed by atoms with Crippen LogP contribution in [0.2, 0.25) is 0 Å². The third-order valence-corrected chi connectivity index (χ3v) is 6.02. The van der Waals surface area contributed by atoms with E-state index in [4.69, 9.17) is 4.52 Å². The molecule has 5 nitrogen and oxygen atoms in total. The molecule has 2 aliphatic rings. The van der Waals surface area contributed by atoms with Gasteiger partial charge in [-0.3, -0.25) is 14.7 Å². The SMILES string of the molecule is CC1CCC(C)N1CCN1CCN(Cc2conc2C(C)(C)C)CC1. The Hall–Kier alpha value is -0.910. The van der Waals surface area contributed by atoms with Crippen LogP contribution in [0.5, 0.6) is 0 Å². The Morgan fingerprint density at radius 3 is 2.20 bits per heavy atom. The molecule has 2 aliphatic heterocycles. The number of hydrogen-bond donors (Lipinski definition) is 0. The lowest BCUT2D eigenvalue weighted by Gasteiger charge is -2.36. The third-order valence-electron chi connectivity index (χ3n) is 6.02. The number of rotatable bonds is 5. The summed E-state index contributed by atoms with van der Waals surface area (Å²) in [6, 6.07) is 1.53. The Labute approximate surface area is 153 Å². The molecule has 1 aromatic rings. The highest BCUT2D eigenvalue weighted by Crippen LogP contribution is 2.26. The van der Waals surface area contributed by atoms with Crippen molar-refractivity contribution in [2.45, 2.75) is 71.5 Å². The first-order valence-electron chi connectivity index (χ1n) is 9.99. The second-order valence-corrected chi connectivity index (χ2v) is 9.07. The molecule has 5 heteroatoms. The maximum absolute atomic E-state index is 5.26. The second kappa shape index (κ2) is 7.77. The number of aromatic nitrogens is 1. The number of piperazine rings is 1. The summed E-state index contributed by atoms with van der Waals surface area (Å²) in [5.74, 6) is 0. The van der Waals surface area contributed by atoms with Gasteiger partial charge < -0.3 is 4.52 Å². The molecule has 2 fully saturated rings. The summed E-state index contributed by atoms with van der Waals surface area (Å²) in [6.45, 7) is 19.4. The van der Waals surface area contributed by atoms with E-state index in [1.54, 1.807) is 0 Å². The Morgan fingerprint density at radius 1 is 1.00 bits per heavy atom. The summed E-state index contributed by atoms with van der Waals surface area (Å²) in [5, 5.41) is 4.24. The molecule has 2 atom stereocenters. The van der Waals surface area contributed by atoms with Gasteiger partial charge in [0.15, 0.2) is 0 Å². The first-order valence-corrected chi connectivity index (χ1v) is 9.99. The zero-order valence-electron chi connectivity index (χ0n) is 16.8. The van der Waals surface area contributed by atoms with Crippen LogP contribution in [0.4, 0.5) is 0 Å². The molecule has 2 unspecified atom stereocenters. The largest absolute Gasteiger partial charge is 0.364 e. The summed E-state index contributed by atoms with van der Waals surface area (Å²) in [6.07, 6.45) is 4.57. The highest BCUT2D eigenvalue weighted by atomic mass is 16.5. The molecule has 0 radical (unpaired) electrons. The first kappa shape index (κ1) is 18.9. The van der Waals surface area contributed by atoms with Crippen LogP contribution >= 0.6 is 0 Å². The summed E-state index contributed by atoms with van der Waals surface area (Å²) in [4.78, 5) is 7.87. The van der Waals surface area contributed by atoms with Crippen LogP contribution in [0, 0.1) is 0 Å². The quantitative estimate of drug-likeness (QED) is 0.817. The van der Waals surface area contributed by atoms with Crippen molar-refractivity contribution < 1.29 is 4.52 Å². The van der Waals surface area contributed by atoms with Crippen LogP contribution in [0.3, 0.4) is 0 Å². The molecule has 1 aromatic heterocycles. The van der Waals surface area contributed by atoms with Gasteiger partial charge in [0.25, 0.3) is 0 Å². The molecular formula is C20H36N4O. The summed E-state index contributed by atoms with van der Waals surface area (Å²) >= 11 is 0. The van der Waals surface area contributed by atoms with Gasteiger partial charge in [-0.1, -0.05) is 25.9 Å². The normalized spacial score (nSPS) is 27.2. The van der Waals surface area contributed by atoms with Crippen molar-refractivity contribution in [3.05, 3.63) is 17.5 Å². The minimum atomic E-state index is 0.0489. The maximum atomic E-state index is 5.26. The molecule has 25 heavy (non-hydrogen) atoms. The fourth-order valence-electron chi connectivity index (χ4n) is 4.35. The second-order valence-electron chi connectivity index (χ2n) is 9.07. The average Bonchev–Trinajstić information content (AvgIpc) is 3.14. The molecule has 3 rings (SSSR count). The number of nitrogens with zero attached hydrogens (tertiary/aromatic N) is 4. The molecule has 142 valence electrons. The van der Waals surface area contributed by atoms with Crippen molar-refractivity contribution in [2.24, 2.45) is 0 Å². The smallest absolute Gasteiger partial charge is 0.128 e. The van der Waals surface area contributed by atoms with E-state index in [0.717, 1.165) is 37.4 Å². The highest BCUT2D eigenvalue weighted by Gasteiger charge is 2.28.